The van der Waals surface area contributed by atoms with E-state index >= 15 is 0 Å². The number of rotatable bonds is 0. The smallest absolute Gasteiger partial charge is 0.160 e. The summed E-state index contributed by atoms with van der Waals surface area (Å²) in [6.07, 6.45) is 0. The van der Waals surface area contributed by atoms with Crippen molar-refractivity contribution in [3.63, 3.8) is 0 Å². The van der Waals surface area contributed by atoms with Crippen molar-refractivity contribution in [1.82, 2.24) is 4.98 Å². The first-order valence-corrected chi connectivity index (χ1v) is 5.48. The molecule has 0 amide bonds. The predicted octanol–water partition coefficient (Wildman–Crippen LogP) is 3.96. The third kappa shape index (κ3) is 1.41. The van der Waals surface area contributed by atoms with Gasteiger partial charge in [-0.15, -0.1) is 11.3 Å². The van der Waals surface area contributed by atoms with Crippen molar-refractivity contribution in [3.8, 4) is 0 Å². The van der Waals surface area contributed by atoms with Crippen LogP contribution < -0.4 is 0 Å². The summed E-state index contributed by atoms with van der Waals surface area (Å²) in [7, 11) is 0. The molecule has 0 unspecified atom stereocenters. The van der Waals surface area contributed by atoms with E-state index in [0.717, 1.165) is 14.1 Å². The van der Waals surface area contributed by atoms with Crippen molar-refractivity contribution in [2.24, 2.45) is 0 Å². The van der Waals surface area contributed by atoms with Crippen molar-refractivity contribution in [1.29, 1.82) is 0 Å². The summed E-state index contributed by atoms with van der Waals surface area (Å²) in [6.45, 7) is 0. The molecule has 2 aromatic rings. The van der Waals surface area contributed by atoms with Crippen LogP contribution in [0, 0.1) is 5.82 Å². The van der Waals surface area contributed by atoms with Crippen LogP contribution in [0.4, 0.5) is 4.39 Å². The van der Waals surface area contributed by atoms with Crippen molar-refractivity contribution in [2.75, 3.05) is 0 Å². The van der Waals surface area contributed by atoms with Crippen molar-refractivity contribution in [3.05, 3.63) is 26.3 Å². The number of hydrogen-bond donors (Lipinski definition) is 0. The second-order valence-corrected chi connectivity index (χ2v) is 5.36. The van der Waals surface area contributed by atoms with Gasteiger partial charge in [-0.3, -0.25) is 0 Å². The van der Waals surface area contributed by atoms with E-state index in [1.165, 1.54) is 17.4 Å². The zero-order chi connectivity index (χ0) is 8.72. The number of nitrogens with zero attached hydrogens (tertiary/aromatic N) is 1. The third-order valence-electron chi connectivity index (χ3n) is 1.40. The lowest BCUT2D eigenvalue weighted by Crippen LogP contribution is -1.75. The van der Waals surface area contributed by atoms with Crippen LogP contribution in [0.2, 0.25) is 0 Å². The highest BCUT2D eigenvalue weighted by Crippen LogP contribution is 2.29. The van der Waals surface area contributed by atoms with Gasteiger partial charge in [-0.1, -0.05) is 0 Å². The quantitative estimate of drug-likeness (QED) is 0.718. The van der Waals surface area contributed by atoms with Crippen LogP contribution in [0.25, 0.3) is 10.2 Å². The van der Waals surface area contributed by atoms with Crippen LogP contribution in [-0.4, -0.2) is 4.98 Å². The van der Waals surface area contributed by atoms with E-state index in [-0.39, 0.29) is 5.82 Å². The molecule has 0 radical (unpaired) electrons. The Bertz CT molecular complexity index is 401. The minimum atomic E-state index is -0.251. The van der Waals surface area contributed by atoms with Gasteiger partial charge in [0, 0.05) is 0 Å². The van der Waals surface area contributed by atoms with Gasteiger partial charge in [0.1, 0.15) is 5.82 Å². The molecule has 0 N–H and O–H groups in total. The van der Waals surface area contributed by atoms with Crippen molar-refractivity contribution in [2.45, 2.75) is 0 Å². The molecule has 1 aromatic carbocycles. The molecular formula is C7H2Br2FNS. The number of hydrogen-bond acceptors (Lipinski definition) is 2. The van der Waals surface area contributed by atoms with Gasteiger partial charge in [0.05, 0.1) is 14.7 Å². The molecule has 1 nitrogen and oxygen atoms in total. The Kier molecular flexibility index (Phi) is 2.18. The van der Waals surface area contributed by atoms with Gasteiger partial charge in [-0.2, -0.15) is 0 Å². The molecule has 0 saturated heterocycles. The lowest BCUT2D eigenvalue weighted by atomic mass is 10.3. The first kappa shape index (κ1) is 8.59. The van der Waals surface area contributed by atoms with Gasteiger partial charge in [0.2, 0.25) is 0 Å². The fourth-order valence-electron chi connectivity index (χ4n) is 0.895. The van der Waals surface area contributed by atoms with Gasteiger partial charge in [-0.05, 0) is 44.0 Å². The number of aromatic nitrogens is 1. The Balaban J connectivity index is 2.83. The minimum Gasteiger partial charge on any atom is -0.229 e. The summed E-state index contributed by atoms with van der Waals surface area (Å²) in [5, 5.41) is 0. The normalized spacial score (nSPS) is 10.9. The van der Waals surface area contributed by atoms with Gasteiger partial charge in [0.15, 0.2) is 3.92 Å². The lowest BCUT2D eigenvalue weighted by Gasteiger charge is -1.91. The highest BCUT2D eigenvalue weighted by Gasteiger charge is 2.05. The zero-order valence-electron chi connectivity index (χ0n) is 5.64. The van der Waals surface area contributed by atoms with E-state index in [0.29, 0.717) is 4.47 Å². The first-order chi connectivity index (χ1) is 5.66. The van der Waals surface area contributed by atoms with Crippen LogP contribution in [0.15, 0.2) is 20.5 Å². The molecule has 5 heteroatoms. The maximum Gasteiger partial charge on any atom is 0.160 e. The van der Waals surface area contributed by atoms with Gasteiger partial charge in [0.25, 0.3) is 0 Å². The molecule has 0 atom stereocenters. The lowest BCUT2D eigenvalue weighted by molar-refractivity contribution is 0.623. The van der Waals surface area contributed by atoms with Crippen LogP contribution in [0.3, 0.4) is 0 Å². The van der Waals surface area contributed by atoms with E-state index in [2.05, 4.69) is 36.8 Å². The maximum atomic E-state index is 13.0. The second kappa shape index (κ2) is 3.05. The summed E-state index contributed by atoms with van der Waals surface area (Å²) < 4.78 is 15.0. The summed E-state index contributed by atoms with van der Waals surface area (Å²) >= 11 is 7.76. The Labute approximate surface area is 88.9 Å². The molecule has 0 fully saturated rings. The van der Waals surface area contributed by atoms with Crippen LogP contribution in [-0.2, 0) is 0 Å². The molecule has 62 valence electrons. The Morgan fingerprint density at radius 3 is 2.83 bits per heavy atom. The topological polar surface area (TPSA) is 12.9 Å². The summed E-state index contributed by atoms with van der Waals surface area (Å²) in [6, 6.07) is 3.15. The fraction of sp³-hybridized carbons (Fsp3) is 0. The van der Waals surface area contributed by atoms with E-state index < -0.39 is 0 Å². The zero-order valence-corrected chi connectivity index (χ0v) is 9.63. The second-order valence-electron chi connectivity index (χ2n) is 2.20. The van der Waals surface area contributed by atoms with Crippen LogP contribution in [0.5, 0.6) is 0 Å². The molecule has 0 aliphatic carbocycles. The summed E-state index contributed by atoms with van der Waals surface area (Å²) in [4.78, 5) is 4.15. The largest absolute Gasteiger partial charge is 0.229 e. The standard InChI is InChI=1S/C7H2Br2FNS/c8-3-1-5-6(2-4(3)10)12-7(9)11-5/h1-2H. The highest BCUT2D eigenvalue weighted by molar-refractivity contribution is 9.11. The van der Waals surface area contributed by atoms with Crippen molar-refractivity contribution >= 4 is 53.4 Å². The third-order valence-corrected chi connectivity index (χ3v) is 3.48. The Morgan fingerprint density at radius 2 is 2.08 bits per heavy atom. The highest BCUT2D eigenvalue weighted by atomic mass is 79.9. The Morgan fingerprint density at radius 1 is 1.33 bits per heavy atom. The average molecular weight is 311 g/mol. The fourth-order valence-corrected chi connectivity index (χ4v) is 2.64. The van der Waals surface area contributed by atoms with E-state index in [1.807, 2.05) is 0 Å². The average Bonchev–Trinajstić information content (AvgIpc) is 2.30. The molecule has 2 rings (SSSR count). The van der Waals surface area contributed by atoms with Crippen molar-refractivity contribution < 1.29 is 4.39 Å². The summed E-state index contributed by atoms with van der Waals surface area (Å²) in [5.41, 5.74) is 0.806. The minimum absolute atomic E-state index is 0.251. The molecule has 0 aliphatic rings. The predicted molar refractivity (Wildman–Crippen MR) is 55.0 cm³/mol. The van der Waals surface area contributed by atoms with E-state index in [1.54, 1.807) is 6.07 Å². The molecule has 0 bridgehead atoms. The molecule has 1 heterocycles. The van der Waals surface area contributed by atoms with E-state index in [9.17, 15) is 4.39 Å². The molecule has 1 aromatic heterocycles. The van der Waals surface area contributed by atoms with Gasteiger partial charge < -0.3 is 0 Å². The number of fused-ring (bicyclic) bond motifs is 1. The van der Waals surface area contributed by atoms with Crippen LogP contribution >= 0.6 is 43.2 Å². The van der Waals surface area contributed by atoms with Gasteiger partial charge >= 0.3 is 0 Å². The Hall–Kier alpha value is -0.0000000000000000555. The molecule has 0 saturated carbocycles. The molecule has 0 spiro atoms. The first-order valence-electron chi connectivity index (χ1n) is 3.08. The van der Waals surface area contributed by atoms with Gasteiger partial charge in [-0.25, -0.2) is 9.37 Å². The molecule has 12 heavy (non-hydrogen) atoms. The number of benzene rings is 1. The molecular weight excluding hydrogens is 309 g/mol. The number of halogens is 3. The summed E-state index contributed by atoms with van der Waals surface area (Å²) in [5.74, 6) is -0.251. The monoisotopic (exact) mass is 309 g/mol. The number of thiazole rings is 1. The van der Waals surface area contributed by atoms with E-state index in [4.69, 9.17) is 0 Å². The SMILES string of the molecule is Fc1cc2sc(Br)nc2cc1Br. The molecule has 0 aliphatic heterocycles. The van der Waals surface area contributed by atoms with Crippen LogP contribution in [0.1, 0.15) is 0 Å². The maximum absolute atomic E-state index is 13.0.